The zero-order valence-electron chi connectivity index (χ0n) is 10.2. The number of carboxylic acids is 1. The molecular formula is C14H10O5S. The number of aliphatic carboxylic acids is 1. The van der Waals surface area contributed by atoms with E-state index >= 15 is 0 Å². The van der Waals surface area contributed by atoms with E-state index in [1.165, 1.54) is 18.2 Å². The Bertz CT molecular complexity index is 808. The highest BCUT2D eigenvalue weighted by molar-refractivity contribution is 7.91. The quantitative estimate of drug-likeness (QED) is 0.783. The molecule has 0 saturated carbocycles. The van der Waals surface area contributed by atoms with Crippen molar-refractivity contribution in [1.29, 1.82) is 0 Å². The minimum atomic E-state index is -3.77. The van der Waals surface area contributed by atoms with Crippen LogP contribution in [0.2, 0.25) is 0 Å². The van der Waals surface area contributed by atoms with Crippen LogP contribution in [0.4, 0.5) is 0 Å². The summed E-state index contributed by atoms with van der Waals surface area (Å²) in [6, 6.07) is 10.9. The molecule has 0 fully saturated rings. The van der Waals surface area contributed by atoms with Crippen LogP contribution >= 0.6 is 0 Å². The van der Waals surface area contributed by atoms with Crippen molar-refractivity contribution in [2.75, 3.05) is 0 Å². The fourth-order valence-corrected chi connectivity index (χ4v) is 3.95. The monoisotopic (exact) mass is 290 g/mol. The third-order valence-corrected chi connectivity index (χ3v) is 4.95. The smallest absolute Gasteiger partial charge is 0.307 e. The molecule has 0 atom stereocenters. The maximum atomic E-state index is 12.6. The number of hydrogen-bond acceptors (Lipinski definition) is 4. The van der Waals surface area contributed by atoms with Crippen molar-refractivity contribution in [3.63, 3.8) is 0 Å². The van der Waals surface area contributed by atoms with Gasteiger partial charge >= 0.3 is 5.97 Å². The SMILES string of the molecule is O=C(O)Cc1cccc2c1S(=O)(=O)c1ccccc1O2. The summed E-state index contributed by atoms with van der Waals surface area (Å²) < 4.78 is 30.8. The van der Waals surface area contributed by atoms with E-state index in [4.69, 9.17) is 9.84 Å². The Morgan fingerprint density at radius 2 is 1.75 bits per heavy atom. The number of carbonyl (C=O) groups is 1. The molecule has 0 unspecified atom stereocenters. The van der Waals surface area contributed by atoms with E-state index in [1.807, 2.05) is 0 Å². The Kier molecular flexibility index (Phi) is 2.76. The highest BCUT2D eigenvalue weighted by Crippen LogP contribution is 2.43. The number of rotatable bonds is 2. The van der Waals surface area contributed by atoms with Gasteiger partial charge in [-0.05, 0) is 23.8 Å². The molecule has 0 saturated heterocycles. The van der Waals surface area contributed by atoms with E-state index in [9.17, 15) is 13.2 Å². The van der Waals surface area contributed by atoms with Crippen molar-refractivity contribution in [2.24, 2.45) is 0 Å². The molecule has 1 heterocycles. The van der Waals surface area contributed by atoms with E-state index < -0.39 is 15.8 Å². The molecule has 0 aromatic heterocycles. The van der Waals surface area contributed by atoms with Crippen LogP contribution in [0, 0.1) is 0 Å². The highest BCUT2D eigenvalue weighted by Gasteiger charge is 2.33. The van der Waals surface area contributed by atoms with Crippen LogP contribution in [0.15, 0.2) is 52.3 Å². The van der Waals surface area contributed by atoms with Crippen LogP contribution in [0.25, 0.3) is 0 Å². The number of hydrogen-bond donors (Lipinski definition) is 1. The molecule has 3 rings (SSSR count). The van der Waals surface area contributed by atoms with E-state index in [-0.39, 0.29) is 33.3 Å². The summed E-state index contributed by atoms with van der Waals surface area (Å²) in [5.41, 5.74) is 0.226. The first-order valence-corrected chi connectivity index (χ1v) is 7.34. The first-order valence-electron chi connectivity index (χ1n) is 5.86. The first-order chi connectivity index (χ1) is 9.50. The predicted octanol–water partition coefficient (Wildman–Crippen LogP) is 2.25. The zero-order chi connectivity index (χ0) is 14.3. The minimum Gasteiger partial charge on any atom is -0.481 e. The van der Waals surface area contributed by atoms with Gasteiger partial charge in [-0.1, -0.05) is 24.3 Å². The van der Waals surface area contributed by atoms with Crippen molar-refractivity contribution in [3.8, 4) is 11.5 Å². The summed E-state index contributed by atoms with van der Waals surface area (Å²) in [6.07, 6.45) is -0.367. The second kappa shape index (κ2) is 4.35. The second-order valence-electron chi connectivity index (χ2n) is 4.37. The Hall–Kier alpha value is -2.34. The second-order valence-corrected chi connectivity index (χ2v) is 6.22. The first kappa shape index (κ1) is 12.7. The van der Waals surface area contributed by atoms with Crippen molar-refractivity contribution < 1.29 is 23.1 Å². The van der Waals surface area contributed by atoms with Crippen LogP contribution < -0.4 is 4.74 Å². The summed E-state index contributed by atoms with van der Waals surface area (Å²) in [5.74, 6) is -0.664. The van der Waals surface area contributed by atoms with Gasteiger partial charge < -0.3 is 9.84 Å². The lowest BCUT2D eigenvalue weighted by atomic mass is 10.1. The van der Waals surface area contributed by atoms with Crippen LogP contribution in [0.3, 0.4) is 0 Å². The van der Waals surface area contributed by atoms with E-state index in [0.29, 0.717) is 0 Å². The van der Waals surface area contributed by atoms with Crippen LogP contribution in [0.1, 0.15) is 5.56 Å². The number of sulfone groups is 1. The molecule has 5 nitrogen and oxygen atoms in total. The summed E-state index contributed by atoms with van der Waals surface area (Å²) >= 11 is 0. The Balaban J connectivity index is 2.28. The molecule has 2 aromatic carbocycles. The molecule has 0 bridgehead atoms. The zero-order valence-corrected chi connectivity index (χ0v) is 11.1. The lowest BCUT2D eigenvalue weighted by molar-refractivity contribution is -0.136. The number of ether oxygens (including phenoxy) is 1. The fourth-order valence-electron chi connectivity index (χ4n) is 2.23. The van der Waals surface area contributed by atoms with Gasteiger partial charge in [0.25, 0.3) is 0 Å². The van der Waals surface area contributed by atoms with E-state index in [1.54, 1.807) is 24.3 Å². The topological polar surface area (TPSA) is 80.7 Å². The molecule has 6 heteroatoms. The van der Waals surface area contributed by atoms with Crippen LogP contribution in [-0.2, 0) is 21.1 Å². The van der Waals surface area contributed by atoms with Gasteiger partial charge in [0.1, 0.15) is 21.3 Å². The van der Waals surface area contributed by atoms with Gasteiger partial charge in [0.05, 0.1) is 6.42 Å². The average Bonchev–Trinajstić information content (AvgIpc) is 2.38. The van der Waals surface area contributed by atoms with E-state index in [2.05, 4.69) is 0 Å². The molecule has 0 radical (unpaired) electrons. The lowest BCUT2D eigenvalue weighted by Crippen LogP contribution is -2.15. The van der Waals surface area contributed by atoms with Gasteiger partial charge in [-0.25, -0.2) is 8.42 Å². The van der Waals surface area contributed by atoms with Crippen LogP contribution in [-0.4, -0.2) is 19.5 Å². The normalized spacial score (nSPS) is 14.8. The lowest BCUT2D eigenvalue weighted by Gasteiger charge is -2.21. The number of benzene rings is 2. The fraction of sp³-hybridized carbons (Fsp3) is 0.0714. The molecule has 102 valence electrons. The molecule has 20 heavy (non-hydrogen) atoms. The summed E-state index contributed by atoms with van der Waals surface area (Å²) in [4.78, 5) is 10.9. The van der Waals surface area contributed by atoms with Gasteiger partial charge in [-0.3, -0.25) is 4.79 Å². The van der Waals surface area contributed by atoms with Gasteiger partial charge in [0.2, 0.25) is 9.84 Å². The molecule has 1 aliphatic rings. The van der Waals surface area contributed by atoms with Gasteiger partial charge in [-0.15, -0.1) is 0 Å². The average molecular weight is 290 g/mol. The molecule has 2 aromatic rings. The maximum absolute atomic E-state index is 12.6. The van der Waals surface area contributed by atoms with Crippen molar-refractivity contribution >= 4 is 15.8 Å². The van der Waals surface area contributed by atoms with Gasteiger partial charge in [0.15, 0.2) is 0 Å². The van der Waals surface area contributed by atoms with Crippen molar-refractivity contribution in [2.45, 2.75) is 16.2 Å². The third kappa shape index (κ3) is 1.85. The van der Waals surface area contributed by atoms with E-state index in [0.717, 1.165) is 0 Å². The number of para-hydroxylation sites is 1. The predicted molar refractivity (Wildman–Crippen MR) is 69.7 cm³/mol. The largest absolute Gasteiger partial charge is 0.481 e. The summed E-state index contributed by atoms with van der Waals surface area (Å²) in [5, 5.41) is 8.90. The number of fused-ring (bicyclic) bond motifs is 2. The highest BCUT2D eigenvalue weighted by atomic mass is 32.2. The molecule has 0 aliphatic carbocycles. The molecule has 0 amide bonds. The third-order valence-electron chi connectivity index (χ3n) is 3.03. The maximum Gasteiger partial charge on any atom is 0.307 e. The Morgan fingerprint density at radius 1 is 1.05 bits per heavy atom. The molecule has 1 aliphatic heterocycles. The standard InChI is InChI=1S/C14H10O5S/c15-13(16)8-9-4-3-6-11-14(9)20(17,18)12-7-2-1-5-10(12)19-11/h1-7H,8H2,(H,15,16). The number of carboxylic acid groups (broad SMARTS) is 1. The Morgan fingerprint density at radius 3 is 2.50 bits per heavy atom. The molecule has 0 spiro atoms. The minimum absolute atomic E-state index is 0.0545. The molecule has 1 N–H and O–H groups in total. The summed E-state index contributed by atoms with van der Waals surface area (Å²) in [6.45, 7) is 0. The van der Waals surface area contributed by atoms with Crippen molar-refractivity contribution in [3.05, 3.63) is 48.0 Å². The summed E-state index contributed by atoms with van der Waals surface area (Å²) in [7, 11) is -3.77. The molecular weight excluding hydrogens is 280 g/mol. The van der Waals surface area contributed by atoms with Crippen LogP contribution in [0.5, 0.6) is 11.5 Å². The van der Waals surface area contributed by atoms with Gasteiger partial charge in [-0.2, -0.15) is 0 Å². The van der Waals surface area contributed by atoms with Gasteiger partial charge in [0, 0.05) is 0 Å². The Labute approximate surface area is 115 Å². The van der Waals surface area contributed by atoms with Crippen molar-refractivity contribution in [1.82, 2.24) is 0 Å².